The van der Waals surface area contributed by atoms with E-state index in [9.17, 15) is 14.7 Å². The molecule has 6 heteroatoms. The van der Waals surface area contributed by atoms with E-state index >= 15 is 0 Å². The third kappa shape index (κ3) is 5.94. The molecule has 0 saturated carbocycles. The molecule has 2 atom stereocenters. The summed E-state index contributed by atoms with van der Waals surface area (Å²) in [6.45, 7) is 4.25. The van der Waals surface area contributed by atoms with E-state index in [0.29, 0.717) is 5.92 Å². The number of rotatable bonds is 6. The number of thiol groups is 2. The van der Waals surface area contributed by atoms with E-state index in [1.54, 1.807) is 0 Å². The van der Waals surface area contributed by atoms with Crippen LogP contribution in [0.4, 0.5) is 0 Å². The van der Waals surface area contributed by atoms with E-state index in [1.165, 1.54) is 0 Å². The van der Waals surface area contributed by atoms with Crippen LogP contribution in [0.5, 0.6) is 0 Å². The van der Waals surface area contributed by atoms with Crippen molar-refractivity contribution < 1.29 is 19.4 Å². The van der Waals surface area contributed by atoms with E-state index in [0.717, 1.165) is 6.42 Å². The molecule has 0 N–H and O–H groups in total. The zero-order valence-electron chi connectivity index (χ0n) is 8.67. The minimum atomic E-state index is -1.43. The molecule has 0 bridgehead atoms. The van der Waals surface area contributed by atoms with Gasteiger partial charge in [0.1, 0.15) is 5.25 Å². The number of hydrogen-bond acceptors (Lipinski definition) is 6. The Balaban J connectivity index is 3.94. The number of carbonyl (C=O) groups excluding carboxylic acids is 2. The summed E-state index contributed by atoms with van der Waals surface area (Å²) in [6, 6.07) is 0. The van der Waals surface area contributed by atoms with Gasteiger partial charge in [0, 0.05) is 0 Å². The van der Waals surface area contributed by atoms with Crippen molar-refractivity contribution in [2.24, 2.45) is 5.92 Å². The number of carboxylic acids is 1. The van der Waals surface area contributed by atoms with Gasteiger partial charge in [0.2, 0.25) is 0 Å². The van der Waals surface area contributed by atoms with Gasteiger partial charge in [-0.3, -0.25) is 4.79 Å². The van der Waals surface area contributed by atoms with Gasteiger partial charge in [-0.1, -0.05) is 13.8 Å². The van der Waals surface area contributed by atoms with Gasteiger partial charge >= 0.3 is 5.97 Å². The van der Waals surface area contributed by atoms with Crippen molar-refractivity contribution in [2.75, 3.05) is 6.61 Å². The first-order valence-corrected chi connectivity index (χ1v) is 5.63. The lowest BCUT2D eigenvalue weighted by molar-refractivity contribution is -0.304. The largest absolute Gasteiger partial charge is 0.549 e. The van der Waals surface area contributed by atoms with E-state index in [4.69, 9.17) is 4.74 Å². The van der Waals surface area contributed by atoms with Crippen LogP contribution in [0.1, 0.15) is 20.3 Å². The molecular formula is C9H15O4S2-. The molecule has 15 heavy (non-hydrogen) atoms. The maximum Gasteiger partial charge on any atom is 0.320 e. The summed E-state index contributed by atoms with van der Waals surface area (Å²) in [5.74, 6) is -1.69. The average molecular weight is 251 g/mol. The quantitative estimate of drug-likeness (QED) is 0.512. The van der Waals surface area contributed by atoms with Gasteiger partial charge in [-0.25, -0.2) is 0 Å². The number of esters is 1. The number of ether oxygens (including phenoxy) is 1. The van der Waals surface area contributed by atoms with E-state index in [-0.39, 0.29) is 6.61 Å². The summed E-state index contributed by atoms with van der Waals surface area (Å²) in [5, 5.41) is 8.04. The summed E-state index contributed by atoms with van der Waals surface area (Å²) < 4.78 is 4.83. The smallest absolute Gasteiger partial charge is 0.320 e. The fraction of sp³-hybridized carbons (Fsp3) is 0.778. The van der Waals surface area contributed by atoms with E-state index < -0.39 is 22.4 Å². The molecule has 0 aliphatic rings. The van der Waals surface area contributed by atoms with Gasteiger partial charge in [0.25, 0.3) is 0 Å². The molecule has 0 rings (SSSR count). The fourth-order valence-corrected chi connectivity index (χ4v) is 1.06. The Morgan fingerprint density at radius 2 is 1.80 bits per heavy atom. The Labute approximate surface area is 100 Å². The molecule has 0 saturated heterocycles. The minimum absolute atomic E-state index is 0.265. The van der Waals surface area contributed by atoms with Crippen molar-refractivity contribution in [1.82, 2.24) is 0 Å². The minimum Gasteiger partial charge on any atom is -0.549 e. The average Bonchev–Trinajstić information content (AvgIpc) is 2.14. The second-order valence-corrected chi connectivity index (χ2v) is 4.67. The molecule has 2 unspecified atom stereocenters. The Morgan fingerprint density at radius 1 is 1.27 bits per heavy atom. The number of aliphatic carboxylic acids is 1. The Bertz CT molecular complexity index is 230. The van der Waals surface area contributed by atoms with Crippen LogP contribution in [-0.4, -0.2) is 29.0 Å². The lowest BCUT2D eigenvalue weighted by Gasteiger charge is -2.18. The Morgan fingerprint density at radius 3 is 2.20 bits per heavy atom. The Kier molecular flexibility index (Phi) is 6.84. The predicted molar refractivity (Wildman–Crippen MR) is 61.0 cm³/mol. The Hall–Kier alpha value is -0.360. The third-order valence-electron chi connectivity index (χ3n) is 1.72. The maximum absolute atomic E-state index is 11.2. The van der Waals surface area contributed by atoms with Crippen molar-refractivity contribution in [3.05, 3.63) is 0 Å². The SMILES string of the molecule is CC(C)CCOC(=O)C(S)C(S)C(=O)[O-]. The van der Waals surface area contributed by atoms with Gasteiger partial charge in [-0.05, 0) is 12.3 Å². The molecule has 0 aromatic rings. The van der Waals surface area contributed by atoms with Gasteiger partial charge in [0.15, 0.2) is 0 Å². The van der Waals surface area contributed by atoms with Crippen molar-refractivity contribution in [3.8, 4) is 0 Å². The van der Waals surface area contributed by atoms with Gasteiger partial charge in [-0.2, -0.15) is 25.3 Å². The summed E-state index contributed by atoms with van der Waals surface area (Å²) in [6.07, 6.45) is 0.731. The van der Waals surface area contributed by atoms with Crippen molar-refractivity contribution in [3.63, 3.8) is 0 Å². The number of carboxylic acid groups (broad SMARTS) is 1. The second kappa shape index (κ2) is 7.00. The van der Waals surface area contributed by atoms with Crippen LogP contribution in [0.2, 0.25) is 0 Å². The molecule has 0 fully saturated rings. The van der Waals surface area contributed by atoms with Crippen LogP contribution in [0, 0.1) is 5.92 Å². The molecule has 88 valence electrons. The summed E-state index contributed by atoms with van der Waals surface area (Å²) in [4.78, 5) is 21.6. The highest BCUT2D eigenvalue weighted by Gasteiger charge is 2.24. The van der Waals surface area contributed by atoms with Gasteiger partial charge in [-0.15, -0.1) is 0 Å². The second-order valence-electron chi connectivity index (χ2n) is 3.56. The molecule has 0 radical (unpaired) electrons. The molecule has 0 aliphatic heterocycles. The van der Waals surface area contributed by atoms with Crippen LogP contribution >= 0.6 is 25.3 Å². The maximum atomic E-state index is 11.2. The zero-order valence-corrected chi connectivity index (χ0v) is 10.5. The monoisotopic (exact) mass is 251 g/mol. The zero-order chi connectivity index (χ0) is 12.0. The summed E-state index contributed by atoms with van der Waals surface area (Å²) in [7, 11) is 0. The van der Waals surface area contributed by atoms with Crippen LogP contribution in [0.3, 0.4) is 0 Å². The third-order valence-corrected chi connectivity index (χ3v) is 2.97. The highest BCUT2D eigenvalue weighted by Crippen LogP contribution is 2.11. The van der Waals surface area contributed by atoms with Gasteiger partial charge in [0.05, 0.1) is 17.8 Å². The predicted octanol–water partition coefficient (Wildman–Crippen LogP) is -0.0776. The number of hydrogen-bond donors (Lipinski definition) is 2. The number of carbonyl (C=O) groups is 2. The molecule has 0 spiro atoms. The van der Waals surface area contributed by atoms with E-state index in [1.807, 2.05) is 13.8 Å². The first kappa shape index (κ1) is 14.6. The molecule has 0 heterocycles. The summed E-state index contributed by atoms with van der Waals surface area (Å²) in [5.41, 5.74) is 0. The van der Waals surface area contributed by atoms with Crippen molar-refractivity contribution in [2.45, 2.75) is 30.8 Å². The molecule has 0 aromatic heterocycles. The lowest BCUT2D eigenvalue weighted by Crippen LogP contribution is -2.41. The van der Waals surface area contributed by atoms with E-state index in [2.05, 4.69) is 25.3 Å². The van der Waals surface area contributed by atoms with Crippen LogP contribution in [0.15, 0.2) is 0 Å². The van der Waals surface area contributed by atoms with Crippen molar-refractivity contribution >= 4 is 37.2 Å². The topological polar surface area (TPSA) is 66.4 Å². The molecule has 0 amide bonds. The standard InChI is InChI=1S/C9H16O4S2/c1-5(2)3-4-13-9(12)7(15)6(14)8(10)11/h5-7,14-15H,3-4H2,1-2H3,(H,10,11)/p-1. The first-order chi connectivity index (χ1) is 6.86. The normalized spacial score (nSPS) is 14.7. The highest BCUT2D eigenvalue weighted by atomic mass is 32.1. The fourth-order valence-electron chi connectivity index (χ4n) is 0.738. The molecular weight excluding hydrogens is 236 g/mol. The summed E-state index contributed by atoms with van der Waals surface area (Å²) >= 11 is 7.49. The van der Waals surface area contributed by atoms with Crippen LogP contribution in [0.25, 0.3) is 0 Å². The van der Waals surface area contributed by atoms with Crippen LogP contribution in [-0.2, 0) is 14.3 Å². The molecule has 0 aromatic carbocycles. The molecule has 4 nitrogen and oxygen atoms in total. The molecule has 0 aliphatic carbocycles. The first-order valence-electron chi connectivity index (χ1n) is 4.60. The lowest BCUT2D eigenvalue weighted by atomic mass is 10.1. The highest BCUT2D eigenvalue weighted by molar-refractivity contribution is 7.86. The van der Waals surface area contributed by atoms with Crippen LogP contribution < -0.4 is 5.11 Å². The van der Waals surface area contributed by atoms with Crippen molar-refractivity contribution in [1.29, 1.82) is 0 Å². The van der Waals surface area contributed by atoms with Gasteiger partial charge < -0.3 is 14.6 Å².